The van der Waals surface area contributed by atoms with E-state index in [-0.39, 0.29) is 40.0 Å². The van der Waals surface area contributed by atoms with Crippen molar-refractivity contribution in [3.8, 4) is 34.1 Å². The average molecular weight is 614 g/mol. The standard InChI is InChI=1S/C32H25F2N5O4S/c1-3-44(41,42)38-24-15-27-22(28(32(40)35-2)30(43-27)17-7-9-19(33)10-8-17)13-21(24)31-36-16-18-11-12-39-25-6-4-5-23(34)20(25)14-26(39)29(18)37-31/h4-10,13-16,38H,3,11-12H2,1-2H3,(H,35,40). The van der Waals surface area contributed by atoms with Crippen molar-refractivity contribution in [3.63, 3.8) is 0 Å². The van der Waals surface area contributed by atoms with Gasteiger partial charge in [-0.1, -0.05) is 6.07 Å². The number of sulfonamides is 1. The Morgan fingerprint density at radius 3 is 2.61 bits per heavy atom. The Balaban J connectivity index is 1.47. The minimum atomic E-state index is -3.75. The molecule has 1 aliphatic rings. The van der Waals surface area contributed by atoms with E-state index in [4.69, 9.17) is 9.40 Å². The van der Waals surface area contributed by atoms with Crippen molar-refractivity contribution in [1.82, 2.24) is 19.9 Å². The van der Waals surface area contributed by atoms with Crippen molar-refractivity contribution in [2.45, 2.75) is 19.9 Å². The smallest absolute Gasteiger partial charge is 0.255 e. The number of furan rings is 1. The Kier molecular flexibility index (Phi) is 6.47. The van der Waals surface area contributed by atoms with Crippen molar-refractivity contribution in [2.75, 3.05) is 17.5 Å². The molecule has 4 heterocycles. The minimum absolute atomic E-state index is 0.157. The van der Waals surface area contributed by atoms with Crippen LogP contribution in [0.5, 0.6) is 0 Å². The topological polar surface area (TPSA) is 119 Å². The van der Waals surface area contributed by atoms with Gasteiger partial charge in [-0.05, 0) is 61.9 Å². The van der Waals surface area contributed by atoms with Crippen LogP contribution in [0.15, 0.2) is 71.3 Å². The summed E-state index contributed by atoms with van der Waals surface area (Å²) in [6.07, 6.45) is 2.32. The number of nitrogens with zero attached hydrogens (tertiary/aromatic N) is 3. The maximum atomic E-state index is 14.7. The lowest BCUT2D eigenvalue weighted by Crippen LogP contribution is -2.18. The molecule has 6 aromatic rings. The van der Waals surface area contributed by atoms with Gasteiger partial charge in [-0.2, -0.15) is 0 Å². The molecule has 0 atom stereocenters. The third-order valence-corrected chi connectivity index (χ3v) is 9.17. The number of halogens is 2. The van der Waals surface area contributed by atoms with E-state index in [1.54, 1.807) is 24.4 Å². The maximum absolute atomic E-state index is 14.7. The van der Waals surface area contributed by atoms with Gasteiger partial charge in [0, 0.05) is 53.3 Å². The molecule has 1 amide bonds. The van der Waals surface area contributed by atoms with Crippen LogP contribution in [-0.4, -0.2) is 41.7 Å². The van der Waals surface area contributed by atoms with Gasteiger partial charge >= 0.3 is 0 Å². The Morgan fingerprint density at radius 2 is 1.86 bits per heavy atom. The number of amides is 1. The predicted molar refractivity (Wildman–Crippen MR) is 164 cm³/mol. The van der Waals surface area contributed by atoms with Gasteiger partial charge in [0.2, 0.25) is 10.0 Å². The summed E-state index contributed by atoms with van der Waals surface area (Å²) in [6, 6.07) is 15.3. The zero-order valence-corrected chi connectivity index (χ0v) is 24.4. The Bertz CT molecular complexity index is 2240. The molecule has 222 valence electrons. The molecule has 0 saturated heterocycles. The highest BCUT2D eigenvalue weighted by Gasteiger charge is 2.27. The molecular formula is C32H25F2N5O4S. The van der Waals surface area contributed by atoms with Crippen molar-refractivity contribution >= 4 is 43.5 Å². The number of hydrogen-bond acceptors (Lipinski definition) is 6. The first-order valence-corrected chi connectivity index (χ1v) is 15.6. The van der Waals surface area contributed by atoms with E-state index in [2.05, 4.69) is 15.0 Å². The fourth-order valence-electron chi connectivity index (χ4n) is 5.67. The lowest BCUT2D eigenvalue weighted by molar-refractivity contribution is 0.0964. The molecule has 9 nitrogen and oxygen atoms in total. The van der Waals surface area contributed by atoms with Gasteiger partial charge in [0.1, 0.15) is 23.0 Å². The van der Waals surface area contributed by atoms with Crippen LogP contribution in [0, 0.1) is 11.6 Å². The molecule has 3 aromatic heterocycles. The number of benzene rings is 3. The number of anilines is 1. The number of rotatable bonds is 6. The molecule has 0 unspecified atom stereocenters. The molecule has 0 radical (unpaired) electrons. The molecule has 44 heavy (non-hydrogen) atoms. The van der Waals surface area contributed by atoms with Crippen LogP contribution >= 0.6 is 0 Å². The predicted octanol–water partition coefficient (Wildman–Crippen LogP) is 6.13. The summed E-state index contributed by atoms with van der Waals surface area (Å²) >= 11 is 0. The van der Waals surface area contributed by atoms with E-state index in [0.29, 0.717) is 40.6 Å². The van der Waals surface area contributed by atoms with Crippen LogP contribution in [0.25, 0.3) is 56.0 Å². The first-order valence-electron chi connectivity index (χ1n) is 13.9. The van der Waals surface area contributed by atoms with Gasteiger partial charge < -0.3 is 14.3 Å². The summed E-state index contributed by atoms with van der Waals surface area (Å²) in [5.41, 5.74) is 4.30. The normalized spacial score (nSPS) is 12.7. The second kappa shape index (κ2) is 10.3. The lowest BCUT2D eigenvalue weighted by Gasteiger charge is -2.20. The average Bonchev–Trinajstić information content (AvgIpc) is 3.60. The maximum Gasteiger partial charge on any atom is 0.255 e. The second-order valence-electron chi connectivity index (χ2n) is 10.5. The van der Waals surface area contributed by atoms with Gasteiger partial charge in [-0.15, -0.1) is 0 Å². The van der Waals surface area contributed by atoms with Crippen molar-refractivity contribution in [2.24, 2.45) is 0 Å². The molecule has 1 aliphatic heterocycles. The SMILES string of the molecule is CCS(=O)(=O)Nc1cc2oc(-c3ccc(F)cc3)c(C(=O)NC)c2cc1-c1ncc2c(n1)-c1cc3c(F)cccc3n1CC2. The number of aromatic nitrogens is 3. The highest BCUT2D eigenvalue weighted by molar-refractivity contribution is 7.92. The van der Waals surface area contributed by atoms with Crippen molar-refractivity contribution in [1.29, 1.82) is 0 Å². The van der Waals surface area contributed by atoms with Crippen molar-refractivity contribution in [3.05, 3.63) is 89.6 Å². The number of carbonyl (C=O) groups excluding carboxylic acids is 1. The molecular weight excluding hydrogens is 588 g/mol. The molecule has 0 aliphatic carbocycles. The van der Waals surface area contributed by atoms with Crippen LogP contribution in [-0.2, 0) is 23.0 Å². The number of aryl methyl sites for hydroxylation is 2. The fourth-order valence-corrected chi connectivity index (χ4v) is 6.31. The van der Waals surface area contributed by atoms with Gasteiger partial charge in [0.05, 0.1) is 33.9 Å². The van der Waals surface area contributed by atoms with E-state index in [1.807, 2.05) is 10.6 Å². The van der Waals surface area contributed by atoms with Gasteiger partial charge in [-0.25, -0.2) is 27.2 Å². The van der Waals surface area contributed by atoms with E-state index in [0.717, 1.165) is 16.8 Å². The Labute approximate surface area is 250 Å². The quantitative estimate of drug-likeness (QED) is 0.233. The number of carbonyl (C=O) groups is 1. The lowest BCUT2D eigenvalue weighted by atomic mass is 10.0. The van der Waals surface area contributed by atoms with Gasteiger partial charge in [0.15, 0.2) is 5.82 Å². The zero-order chi connectivity index (χ0) is 30.7. The van der Waals surface area contributed by atoms with Crippen LogP contribution in [0.1, 0.15) is 22.8 Å². The molecule has 0 saturated carbocycles. The number of hydrogen-bond donors (Lipinski definition) is 2. The summed E-state index contributed by atoms with van der Waals surface area (Å²) in [7, 11) is -2.27. The van der Waals surface area contributed by atoms with E-state index >= 15 is 0 Å². The summed E-state index contributed by atoms with van der Waals surface area (Å²) in [5.74, 6) is -1.03. The molecule has 0 spiro atoms. The highest BCUT2D eigenvalue weighted by Crippen LogP contribution is 2.41. The first-order chi connectivity index (χ1) is 21.2. The van der Waals surface area contributed by atoms with Crippen LogP contribution in [0.4, 0.5) is 14.5 Å². The van der Waals surface area contributed by atoms with Crippen LogP contribution in [0.3, 0.4) is 0 Å². The van der Waals surface area contributed by atoms with Crippen molar-refractivity contribution < 1.29 is 26.4 Å². The Morgan fingerprint density at radius 1 is 1.07 bits per heavy atom. The molecule has 0 bridgehead atoms. The van der Waals surface area contributed by atoms with E-state index in [9.17, 15) is 22.0 Å². The summed E-state index contributed by atoms with van der Waals surface area (Å²) in [5, 5.41) is 3.49. The monoisotopic (exact) mass is 613 g/mol. The largest absolute Gasteiger partial charge is 0.455 e. The van der Waals surface area contributed by atoms with Gasteiger partial charge in [-0.3, -0.25) is 9.52 Å². The van der Waals surface area contributed by atoms with E-state index in [1.165, 1.54) is 50.4 Å². The highest BCUT2D eigenvalue weighted by atomic mass is 32.2. The third-order valence-electron chi connectivity index (χ3n) is 7.88. The Hall–Kier alpha value is -5.10. The molecule has 2 N–H and O–H groups in total. The minimum Gasteiger partial charge on any atom is -0.455 e. The molecule has 12 heteroatoms. The third kappa shape index (κ3) is 4.49. The zero-order valence-electron chi connectivity index (χ0n) is 23.6. The molecule has 0 fully saturated rings. The fraction of sp³-hybridized carbons (Fsp3) is 0.156. The second-order valence-corrected chi connectivity index (χ2v) is 12.5. The number of nitrogens with one attached hydrogen (secondary N) is 2. The van der Waals surface area contributed by atoms with Crippen LogP contribution in [0.2, 0.25) is 0 Å². The summed E-state index contributed by atoms with van der Waals surface area (Å²) in [6.45, 7) is 2.14. The van der Waals surface area contributed by atoms with E-state index < -0.39 is 21.7 Å². The summed E-state index contributed by atoms with van der Waals surface area (Å²) < 4.78 is 64.7. The molecule has 7 rings (SSSR count). The first kappa shape index (κ1) is 27.7. The van der Waals surface area contributed by atoms with Crippen LogP contribution < -0.4 is 10.0 Å². The summed E-state index contributed by atoms with van der Waals surface area (Å²) in [4.78, 5) is 22.7. The van der Waals surface area contributed by atoms with Gasteiger partial charge in [0.25, 0.3) is 5.91 Å². The number of fused-ring (bicyclic) bond motifs is 6. The molecule has 3 aromatic carbocycles.